The van der Waals surface area contributed by atoms with Crippen LogP contribution in [0, 0.1) is 5.82 Å². The lowest BCUT2D eigenvalue weighted by molar-refractivity contribution is -0.144. The maximum Gasteiger partial charge on any atom is 0.453 e. The molecule has 0 fully saturated rings. The predicted molar refractivity (Wildman–Crippen MR) is 94.3 cm³/mol. The molecule has 4 heterocycles. The van der Waals surface area contributed by atoms with Crippen LogP contribution in [0.15, 0.2) is 37.1 Å². The fraction of sp³-hybridized carbons (Fsp3) is 0.278. The average molecular weight is 405 g/mol. The summed E-state index contributed by atoms with van der Waals surface area (Å²) in [5, 5.41) is 3.48. The second kappa shape index (κ2) is 7.22. The number of rotatable bonds is 5. The highest BCUT2D eigenvalue weighted by Gasteiger charge is 2.36. The predicted octanol–water partition coefficient (Wildman–Crippen LogP) is 3.54. The first-order chi connectivity index (χ1) is 13.9. The summed E-state index contributed by atoms with van der Waals surface area (Å²) in [5.74, 6) is -1.44. The van der Waals surface area contributed by atoms with Gasteiger partial charge in [-0.1, -0.05) is 13.3 Å². The summed E-state index contributed by atoms with van der Waals surface area (Å²) in [4.78, 5) is 16.2. The zero-order valence-electron chi connectivity index (χ0n) is 15.2. The summed E-state index contributed by atoms with van der Waals surface area (Å²) in [7, 11) is 0. The van der Waals surface area contributed by atoms with Gasteiger partial charge in [0.2, 0.25) is 0 Å². The maximum absolute atomic E-state index is 14.1. The molecular formula is C18H15F4N7. The van der Waals surface area contributed by atoms with Crippen LogP contribution < -0.4 is 0 Å². The molecule has 0 aromatic carbocycles. The lowest BCUT2D eigenvalue weighted by Gasteiger charge is -2.11. The molecule has 0 saturated heterocycles. The maximum atomic E-state index is 14.1. The number of hydrogen-bond acceptors (Lipinski definition) is 5. The number of fused-ring (bicyclic) bond motifs is 1. The molecule has 0 aliphatic heterocycles. The normalized spacial score (nSPS) is 12.0. The summed E-state index contributed by atoms with van der Waals surface area (Å²) in [6, 6.07) is 2.76. The molecular weight excluding hydrogens is 390 g/mol. The van der Waals surface area contributed by atoms with Crippen molar-refractivity contribution in [2.24, 2.45) is 0 Å². The van der Waals surface area contributed by atoms with Crippen molar-refractivity contribution in [1.82, 2.24) is 34.1 Å². The second-order valence-corrected chi connectivity index (χ2v) is 6.33. The number of aryl methyl sites for hydroxylation is 1. The Hall–Kier alpha value is -3.37. The second-order valence-electron chi connectivity index (χ2n) is 6.33. The monoisotopic (exact) mass is 405 g/mol. The molecule has 4 aromatic rings. The van der Waals surface area contributed by atoms with Crippen molar-refractivity contribution in [3.63, 3.8) is 0 Å². The van der Waals surface area contributed by atoms with Crippen molar-refractivity contribution in [3.05, 3.63) is 59.9 Å². The van der Waals surface area contributed by atoms with E-state index in [1.54, 1.807) is 10.8 Å². The first-order valence-corrected chi connectivity index (χ1v) is 8.80. The number of aromatic nitrogens is 7. The van der Waals surface area contributed by atoms with E-state index in [0.29, 0.717) is 29.9 Å². The lowest BCUT2D eigenvalue weighted by Crippen LogP contribution is -2.10. The van der Waals surface area contributed by atoms with E-state index in [1.807, 2.05) is 6.92 Å². The highest BCUT2D eigenvalue weighted by Crippen LogP contribution is 2.28. The van der Waals surface area contributed by atoms with Crippen molar-refractivity contribution in [2.75, 3.05) is 0 Å². The first-order valence-electron chi connectivity index (χ1n) is 8.80. The quantitative estimate of drug-likeness (QED) is 0.475. The summed E-state index contributed by atoms with van der Waals surface area (Å²) in [6.07, 6.45) is 2.28. The summed E-state index contributed by atoms with van der Waals surface area (Å²) < 4.78 is 55.9. The molecule has 0 N–H and O–H groups in total. The molecule has 29 heavy (non-hydrogen) atoms. The van der Waals surface area contributed by atoms with Crippen LogP contribution in [0.4, 0.5) is 17.6 Å². The minimum absolute atomic E-state index is 0.0810. The molecule has 0 aliphatic carbocycles. The third kappa shape index (κ3) is 3.55. The van der Waals surface area contributed by atoms with E-state index >= 15 is 0 Å². The van der Waals surface area contributed by atoms with Gasteiger partial charge in [-0.05, 0) is 18.6 Å². The molecule has 4 rings (SSSR count). The van der Waals surface area contributed by atoms with E-state index in [4.69, 9.17) is 0 Å². The number of alkyl halides is 3. The minimum Gasteiger partial charge on any atom is -0.324 e. The van der Waals surface area contributed by atoms with E-state index in [9.17, 15) is 17.6 Å². The van der Waals surface area contributed by atoms with Crippen molar-refractivity contribution in [2.45, 2.75) is 32.5 Å². The van der Waals surface area contributed by atoms with Gasteiger partial charge in [0.1, 0.15) is 12.0 Å². The highest BCUT2D eigenvalue weighted by atomic mass is 19.4. The molecule has 0 saturated carbocycles. The zero-order chi connectivity index (χ0) is 20.6. The molecule has 0 unspecified atom stereocenters. The molecule has 0 spiro atoms. The van der Waals surface area contributed by atoms with Crippen LogP contribution in [0.25, 0.3) is 17.2 Å². The molecule has 11 heteroatoms. The molecule has 0 bridgehead atoms. The molecule has 0 radical (unpaired) electrons. The zero-order valence-corrected chi connectivity index (χ0v) is 15.2. The molecule has 0 atom stereocenters. The van der Waals surface area contributed by atoms with Crippen LogP contribution >= 0.6 is 0 Å². The van der Waals surface area contributed by atoms with Gasteiger partial charge < -0.3 is 4.57 Å². The van der Waals surface area contributed by atoms with Gasteiger partial charge in [-0.3, -0.25) is 0 Å². The van der Waals surface area contributed by atoms with E-state index in [-0.39, 0.29) is 17.9 Å². The van der Waals surface area contributed by atoms with E-state index in [1.165, 1.54) is 30.9 Å². The minimum atomic E-state index is -4.65. The largest absolute Gasteiger partial charge is 0.453 e. The molecule has 4 aromatic heterocycles. The van der Waals surface area contributed by atoms with Gasteiger partial charge in [-0.25, -0.2) is 28.8 Å². The third-order valence-electron chi connectivity index (χ3n) is 4.33. The van der Waals surface area contributed by atoms with Gasteiger partial charge in [-0.15, -0.1) is 5.10 Å². The Bertz CT molecular complexity index is 1160. The Kier molecular flexibility index (Phi) is 4.73. The van der Waals surface area contributed by atoms with Crippen LogP contribution in [0.1, 0.15) is 30.4 Å². The van der Waals surface area contributed by atoms with Gasteiger partial charge in [0, 0.05) is 24.2 Å². The van der Waals surface area contributed by atoms with Crippen LogP contribution in [0.5, 0.6) is 0 Å². The van der Waals surface area contributed by atoms with Crippen LogP contribution in [-0.2, 0) is 19.1 Å². The Balaban J connectivity index is 1.79. The van der Waals surface area contributed by atoms with Crippen molar-refractivity contribution in [3.8, 4) is 11.5 Å². The van der Waals surface area contributed by atoms with Crippen molar-refractivity contribution in [1.29, 1.82) is 0 Å². The third-order valence-corrected chi connectivity index (χ3v) is 4.33. The highest BCUT2D eigenvalue weighted by molar-refractivity contribution is 5.52. The average Bonchev–Trinajstić information content (AvgIpc) is 3.31. The van der Waals surface area contributed by atoms with Gasteiger partial charge in [-0.2, -0.15) is 13.2 Å². The number of pyridine rings is 1. The van der Waals surface area contributed by atoms with Crippen molar-refractivity contribution >= 4 is 5.65 Å². The van der Waals surface area contributed by atoms with Crippen molar-refractivity contribution < 1.29 is 17.6 Å². The topological polar surface area (TPSA) is 73.8 Å². The molecule has 0 amide bonds. The van der Waals surface area contributed by atoms with Crippen LogP contribution in [-0.4, -0.2) is 34.1 Å². The molecule has 7 nitrogen and oxygen atoms in total. The molecule has 0 aliphatic rings. The molecule has 150 valence electrons. The Labute approximate surface area is 162 Å². The fourth-order valence-electron chi connectivity index (χ4n) is 3.07. The standard InChI is InChI=1S/C18H15F4N7/c1-2-4-11-13(25-10-29-15(11)26-17(27-29)18(20,21)22)9-28-8-7-24-16(28)14-12(19)5-3-6-23-14/h3,5-8,10H,2,4,9H2,1H3. The van der Waals surface area contributed by atoms with Crippen LogP contribution in [0.3, 0.4) is 0 Å². The van der Waals surface area contributed by atoms with E-state index < -0.39 is 17.8 Å². The van der Waals surface area contributed by atoms with Gasteiger partial charge in [0.05, 0.1) is 12.2 Å². The Morgan fingerprint density at radius 1 is 1.10 bits per heavy atom. The summed E-state index contributed by atoms with van der Waals surface area (Å²) in [6.45, 7) is 2.08. The van der Waals surface area contributed by atoms with E-state index in [2.05, 4.69) is 25.0 Å². The van der Waals surface area contributed by atoms with Crippen LogP contribution in [0.2, 0.25) is 0 Å². The summed E-state index contributed by atoms with van der Waals surface area (Å²) >= 11 is 0. The fourth-order valence-corrected chi connectivity index (χ4v) is 3.07. The Morgan fingerprint density at radius 2 is 1.93 bits per heavy atom. The SMILES string of the molecule is CCCc1c(Cn2ccnc2-c2ncccc2F)ncn2nc(C(F)(F)F)nc12. The Morgan fingerprint density at radius 3 is 2.66 bits per heavy atom. The number of imidazole rings is 1. The number of nitrogens with zero attached hydrogens (tertiary/aromatic N) is 7. The smallest absolute Gasteiger partial charge is 0.324 e. The lowest BCUT2D eigenvalue weighted by atomic mass is 10.1. The number of halogens is 4. The first kappa shape index (κ1) is 19.0. The van der Waals surface area contributed by atoms with Gasteiger partial charge in [0.15, 0.2) is 17.3 Å². The van der Waals surface area contributed by atoms with Gasteiger partial charge >= 0.3 is 6.18 Å². The summed E-state index contributed by atoms with van der Waals surface area (Å²) in [5.41, 5.74) is 1.25. The van der Waals surface area contributed by atoms with Gasteiger partial charge in [0.25, 0.3) is 5.82 Å². The van der Waals surface area contributed by atoms with E-state index in [0.717, 1.165) is 4.52 Å². The number of hydrogen-bond donors (Lipinski definition) is 0.